The summed E-state index contributed by atoms with van der Waals surface area (Å²) in [7, 11) is 1.58. The molecule has 1 saturated carbocycles. The molecule has 38 heavy (non-hydrogen) atoms. The predicted molar refractivity (Wildman–Crippen MR) is 141 cm³/mol. The van der Waals surface area contributed by atoms with Crippen molar-refractivity contribution < 1.29 is 23.9 Å². The van der Waals surface area contributed by atoms with Crippen LogP contribution < -0.4 is 15.4 Å². The van der Waals surface area contributed by atoms with E-state index in [0.29, 0.717) is 11.4 Å². The van der Waals surface area contributed by atoms with Crippen molar-refractivity contribution in [3.05, 3.63) is 72.3 Å². The Balaban J connectivity index is 1.30. The van der Waals surface area contributed by atoms with Crippen molar-refractivity contribution in [2.75, 3.05) is 12.4 Å². The monoisotopic (exact) mass is 515 g/mol. The molecule has 0 unspecified atom stereocenters. The molecule has 2 aromatic rings. The number of nitrogens with zero attached hydrogens (tertiary/aromatic N) is 1. The highest BCUT2D eigenvalue weighted by molar-refractivity contribution is 6.02. The first kappa shape index (κ1) is 24.7. The molecule has 0 aromatic heterocycles. The maximum absolute atomic E-state index is 14.1. The fourth-order valence-electron chi connectivity index (χ4n) is 6.64. The zero-order valence-corrected chi connectivity index (χ0v) is 21.5. The van der Waals surface area contributed by atoms with E-state index in [-0.39, 0.29) is 30.3 Å². The van der Waals surface area contributed by atoms with Crippen LogP contribution in [0.5, 0.6) is 5.75 Å². The van der Waals surface area contributed by atoms with Gasteiger partial charge in [-0.05, 0) is 42.7 Å². The van der Waals surface area contributed by atoms with E-state index in [4.69, 9.17) is 9.47 Å². The van der Waals surface area contributed by atoms with Crippen LogP contribution in [0.4, 0.5) is 5.69 Å². The lowest BCUT2D eigenvalue weighted by molar-refractivity contribution is -0.142. The lowest BCUT2D eigenvalue weighted by Crippen LogP contribution is -2.56. The Kier molecular flexibility index (Phi) is 6.43. The third-order valence-electron chi connectivity index (χ3n) is 8.43. The van der Waals surface area contributed by atoms with Gasteiger partial charge in [0.1, 0.15) is 17.4 Å². The highest BCUT2D eigenvalue weighted by atomic mass is 16.5. The van der Waals surface area contributed by atoms with Gasteiger partial charge in [0.25, 0.3) is 0 Å². The van der Waals surface area contributed by atoms with Gasteiger partial charge in [0.05, 0.1) is 25.0 Å². The van der Waals surface area contributed by atoms with Gasteiger partial charge in [-0.25, -0.2) is 0 Å². The minimum atomic E-state index is -1.17. The van der Waals surface area contributed by atoms with Crippen LogP contribution in [-0.2, 0) is 25.7 Å². The lowest BCUT2D eigenvalue weighted by atomic mass is 9.74. The van der Waals surface area contributed by atoms with Crippen molar-refractivity contribution in [1.29, 1.82) is 0 Å². The Morgan fingerprint density at radius 1 is 1.03 bits per heavy atom. The third-order valence-corrected chi connectivity index (χ3v) is 8.43. The Hall–Kier alpha value is -3.65. The SMILES string of the molecule is COc1ccc(NC(=O)[C@@H]2[C@@H]3C=C[C@]4(O3)[C@@H]2C(=O)N(Cc2ccccc2)[C@@H]4C(=O)NC2CCCCC2)cc1. The van der Waals surface area contributed by atoms with Gasteiger partial charge in [-0.15, -0.1) is 0 Å². The summed E-state index contributed by atoms with van der Waals surface area (Å²) in [5.41, 5.74) is 0.359. The first-order valence-electron chi connectivity index (χ1n) is 13.5. The molecule has 4 aliphatic rings. The van der Waals surface area contributed by atoms with E-state index in [9.17, 15) is 14.4 Å². The number of nitrogens with one attached hydrogen (secondary N) is 2. The second-order valence-corrected chi connectivity index (χ2v) is 10.7. The molecular weight excluding hydrogens is 482 g/mol. The van der Waals surface area contributed by atoms with Gasteiger partial charge < -0.3 is 25.0 Å². The highest BCUT2D eigenvalue weighted by Crippen LogP contribution is 2.55. The van der Waals surface area contributed by atoms with Crippen molar-refractivity contribution in [1.82, 2.24) is 10.2 Å². The fraction of sp³-hybridized carbons (Fsp3) is 0.433. The number of fused-ring (bicyclic) bond motifs is 1. The average Bonchev–Trinajstić information content (AvgIpc) is 3.58. The second kappa shape index (κ2) is 9.91. The van der Waals surface area contributed by atoms with E-state index in [2.05, 4.69) is 10.6 Å². The minimum Gasteiger partial charge on any atom is -0.497 e. The summed E-state index contributed by atoms with van der Waals surface area (Å²) in [6.45, 7) is 0.273. The smallest absolute Gasteiger partial charge is 0.246 e. The number of amides is 3. The summed E-state index contributed by atoms with van der Waals surface area (Å²) in [5, 5.41) is 6.17. The Labute approximate surface area is 222 Å². The molecule has 3 aliphatic heterocycles. The number of anilines is 1. The summed E-state index contributed by atoms with van der Waals surface area (Å²) in [6, 6.07) is 15.9. The number of methoxy groups -OCH3 is 1. The van der Waals surface area contributed by atoms with Gasteiger partial charge in [-0.1, -0.05) is 61.7 Å². The zero-order chi connectivity index (χ0) is 26.3. The molecule has 8 nitrogen and oxygen atoms in total. The first-order valence-corrected chi connectivity index (χ1v) is 13.5. The summed E-state index contributed by atoms with van der Waals surface area (Å²) in [4.78, 5) is 43.1. The standard InChI is InChI=1S/C30H33N3O5/c1-37-22-14-12-21(13-15-22)31-27(34)24-23-16-17-30(38-23)25(24)29(36)33(18-19-8-4-2-5-9-19)26(30)28(35)32-20-10-6-3-7-11-20/h2,4-5,8-9,12-17,20,23-26H,3,6-7,10-11,18H2,1H3,(H,31,34)(H,32,35)/t23-,24+,25-,26+,30-/m0/s1. The molecule has 2 N–H and O–H groups in total. The molecule has 8 heteroatoms. The van der Waals surface area contributed by atoms with Crippen molar-refractivity contribution in [2.45, 2.75) is 62.4 Å². The molecule has 2 saturated heterocycles. The molecule has 2 aromatic carbocycles. The molecular formula is C30H33N3O5. The lowest BCUT2D eigenvalue weighted by Gasteiger charge is -2.34. The van der Waals surface area contributed by atoms with Gasteiger partial charge in [0.15, 0.2) is 0 Å². The molecule has 3 heterocycles. The topological polar surface area (TPSA) is 97.0 Å². The van der Waals surface area contributed by atoms with E-state index < -0.39 is 29.6 Å². The summed E-state index contributed by atoms with van der Waals surface area (Å²) in [5.74, 6) is -1.55. The molecule has 1 spiro atoms. The Bertz CT molecular complexity index is 1240. The van der Waals surface area contributed by atoms with Crippen LogP contribution in [0.3, 0.4) is 0 Å². The fourth-order valence-corrected chi connectivity index (χ4v) is 6.64. The van der Waals surface area contributed by atoms with Crippen LogP contribution in [-0.4, -0.2) is 53.5 Å². The average molecular weight is 516 g/mol. The number of carbonyl (C=O) groups is 3. The third kappa shape index (κ3) is 4.17. The maximum atomic E-state index is 14.1. The van der Waals surface area contributed by atoms with Crippen molar-refractivity contribution in [3.8, 4) is 5.75 Å². The number of hydrogen-bond donors (Lipinski definition) is 2. The number of likely N-dealkylation sites (tertiary alicyclic amines) is 1. The van der Waals surface area contributed by atoms with Crippen molar-refractivity contribution in [2.24, 2.45) is 11.8 Å². The van der Waals surface area contributed by atoms with Gasteiger partial charge in [-0.2, -0.15) is 0 Å². The minimum absolute atomic E-state index is 0.0946. The van der Waals surface area contributed by atoms with Crippen molar-refractivity contribution in [3.63, 3.8) is 0 Å². The maximum Gasteiger partial charge on any atom is 0.246 e. The summed E-state index contributed by atoms with van der Waals surface area (Å²) >= 11 is 0. The van der Waals surface area contributed by atoms with Gasteiger partial charge in [0, 0.05) is 18.3 Å². The first-order chi connectivity index (χ1) is 18.5. The van der Waals surface area contributed by atoms with E-state index in [0.717, 1.165) is 31.2 Å². The summed E-state index contributed by atoms with van der Waals surface area (Å²) in [6.07, 6.45) is 8.36. The quantitative estimate of drug-likeness (QED) is 0.551. The normalized spacial score (nSPS) is 29.8. The molecule has 2 bridgehead atoms. The molecule has 0 radical (unpaired) electrons. The van der Waals surface area contributed by atoms with Crippen LogP contribution in [0.25, 0.3) is 0 Å². The van der Waals surface area contributed by atoms with E-state index in [1.807, 2.05) is 42.5 Å². The second-order valence-electron chi connectivity index (χ2n) is 10.7. The van der Waals surface area contributed by atoms with E-state index in [1.165, 1.54) is 6.42 Å². The highest BCUT2D eigenvalue weighted by Gasteiger charge is 2.72. The van der Waals surface area contributed by atoms with Crippen LogP contribution in [0, 0.1) is 11.8 Å². The van der Waals surface area contributed by atoms with Crippen LogP contribution in [0.2, 0.25) is 0 Å². The van der Waals surface area contributed by atoms with E-state index in [1.54, 1.807) is 36.3 Å². The van der Waals surface area contributed by atoms with Crippen LogP contribution in [0.15, 0.2) is 66.7 Å². The van der Waals surface area contributed by atoms with Gasteiger partial charge in [0.2, 0.25) is 17.7 Å². The molecule has 198 valence electrons. The molecule has 5 atom stereocenters. The van der Waals surface area contributed by atoms with E-state index >= 15 is 0 Å². The zero-order valence-electron chi connectivity index (χ0n) is 21.5. The predicted octanol–water partition coefficient (Wildman–Crippen LogP) is 3.43. The number of rotatable bonds is 7. The molecule has 3 amide bonds. The number of ether oxygens (including phenoxy) is 2. The largest absolute Gasteiger partial charge is 0.497 e. The molecule has 3 fully saturated rings. The molecule has 6 rings (SSSR count). The summed E-state index contributed by atoms with van der Waals surface area (Å²) < 4.78 is 11.6. The Morgan fingerprint density at radius 3 is 2.47 bits per heavy atom. The number of carbonyl (C=O) groups excluding carboxylic acids is 3. The van der Waals surface area contributed by atoms with Crippen molar-refractivity contribution >= 4 is 23.4 Å². The number of hydrogen-bond acceptors (Lipinski definition) is 5. The molecule has 1 aliphatic carbocycles. The van der Waals surface area contributed by atoms with Crippen LogP contribution >= 0.6 is 0 Å². The van der Waals surface area contributed by atoms with Gasteiger partial charge in [-0.3, -0.25) is 14.4 Å². The number of benzene rings is 2. The van der Waals surface area contributed by atoms with Gasteiger partial charge >= 0.3 is 0 Å². The Morgan fingerprint density at radius 2 is 1.76 bits per heavy atom. The van der Waals surface area contributed by atoms with Crippen LogP contribution in [0.1, 0.15) is 37.7 Å².